The predicted molar refractivity (Wildman–Crippen MR) is 85.2 cm³/mol. The van der Waals surface area contributed by atoms with E-state index in [1.165, 1.54) is 0 Å². The average molecular weight is 294 g/mol. The van der Waals surface area contributed by atoms with Gasteiger partial charge in [-0.25, -0.2) is 9.97 Å². The van der Waals surface area contributed by atoms with Gasteiger partial charge >= 0.3 is 0 Å². The van der Waals surface area contributed by atoms with Crippen molar-refractivity contribution >= 4 is 22.8 Å². The second-order valence-corrected chi connectivity index (χ2v) is 7.47. The first kappa shape index (κ1) is 15.3. The van der Waals surface area contributed by atoms with E-state index in [9.17, 15) is 0 Å². The van der Waals surface area contributed by atoms with Crippen molar-refractivity contribution in [1.82, 2.24) is 14.5 Å². The third-order valence-electron chi connectivity index (χ3n) is 4.04. The Morgan fingerprint density at radius 3 is 2.50 bits per heavy atom. The van der Waals surface area contributed by atoms with Crippen LogP contribution in [0.25, 0.3) is 11.2 Å². The molecule has 0 aromatic carbocycles. The van der Waals surface area contributed by atoms with E-state index >= 15 is 0 Å². The smallest absolute Gasteiger partial charge is 0.160 e. The number of fused-ring (bicyclic) bond motifs is 1. The number of aryl methyl sites for hydroxylation is 1. The fourth-order valence-corrected chi connectivity index (χ4v) is 2.33. The maximum Gasteiger partial charge on any atom is 0.160 e. The summed E-state index contributed by atoms with van der Waals surface area (Å²) in [7, 11) is 0. The van der Waals surface area contributed by atoms with E-state index < -0.39 is 0 Å². The molecule has 2 atom stereocenters. The molecule has 20 heavy (non-hydrogen) atoms. The van der Waals surface area contributed by atoms with E-state index in [0.29, 0.717) is 5.92 Å². The van der Waals surface area contributed by atoms with Crippen LogP contribution in [0, 0.1) is 18.3 Å². The molecule has 2 heterocycles. The summed E-state index contributed by atoms with van der Waals surface area (Å²) in [6.07, 6.45) is 1.89. The number of alkyl halides is 1. The fraction of sp³-hybridized carbons (Fsp3) is 0.625. The van der Waals surface area contributed by atoms with Gasteiger partial charge in [0.1, 0.15) is 11.3 Å². The van der Waals surface area contributed by atoms with Crippen molar-refractivity contribution < 1.29 is 0 Å². The standard InChI is InChI=1S/C16H24ClN3/c1-10-7-13-15(18-8-10)20(14(19-13)12(3)17)9-11(2)16(4,5)6/h7-8,11-12H,9H2,1-6H3. The minimum atomic E-state index is -0.114. The molecule has 110 valence electrons. The van der Waals surface area contributed by atoms with Crippen LogP contribution in [0.5, 0.6) is 0 Å². The van der Waals surface area contributed by atoms with E-state index in [4.69, 9.17) is 11.6 Å². The maximum absolute atomic E-state index is 6.31. The summed E-state index contributed by atoms with van der Waals surface area (Å²) in [5, 5.41) is -0.114. The largest absolute Gasteiger partial charge is 0.311 e. The molecule has 0 aliphatic rings. The Labute approximate surface area is 126 Å². The molecule has 0 fully saturated rings. The van der Waals surface area contributed by atoms with Crippen molar-refractivity contribution in [3.05, 3.63) is 23.7 Å². The number of rotatable bonds is 3. The van der Waals surface area contributed by atoms with Crippen LogP contribution in [-0.2, 0) is 6.54 Å². The minimum absolute atomic E-state index is 0.114. The summed E-state index contributed by atoms with van der Waals surface area (Å²) < 4.78 is 2.18. The van der Waals surface area contributed by atoms with Crippen LogP contribution in [0.1, 0.15) is 51.4 Å². The molecule has 2 unspecified atom stereocenters. The topological polar surface area (TPSA) is 30.7 Å². The first-order valence-corrected chi connectivity index (χ1v) is 7.60. The number of imidazole rings is 1. The van der Waals surface area contributed by atoms with Gasteiger partial charge in [0.15, 0.2) is 5.65 Å². The van der Waals surface area contributed by atoms with Gasteiger partial charge < -0.3 is 4.57 Å². The highest BCUT2D eigenvalue weighted by Crippen LogP contribution is 2.30. The number of halogens is 1. The average Bonchev–Trinajstić information content (AvgIpc) is 2.66. The molecule has 3 nitrogen and oxygen atoms in total. The Balaban J connectivity index is 2.52. The van der Waals surface area contributed by atoms with Gasteiger partial charge in [0.05, 0.1) is 5.38 Å². The quantitative estimate of drug-likeness (QED) is 0.767. The molecule has 0 saturated carbocycles. The zero-order valence-corrected chi connectivity index (χ0v) is 14.0. The van der Waals surface area contributed by atoms with Crippen LogP contribution in [0.15, 0.2) is 12.3 Å². The van der Waals surface area contributed by atoms with Crippen molar-refractivity contribution in [2.45, 2.75) is 53.5 Å². The normalized spacial score (nSPS) is 15.6. The van der Waals surface area contributed by atoms with Gasteiger partial charge in [-0.1, -0.05) is 27.7 Å². The van der Waals surface area contributed by atoms with Crippen molar-refractivity contribution in [3.63, 3.8) is 0 Å². The van der Waals surface area contributed by atoms with E-state index in [1.807, 2.05) is 20.0 Å². The summed E-state index contributed by atoms with van der Waals surface area (Å²) in [4.78, 5) is 9.24. The van der Waals surface area contributed by atoms with Crippen LogP contribution in [0.3, 0.4) is 0 Å². The summed E-state index contributed by atoms with van der Waals surface area (Å²) in [5.41, 5.74) is 3.25. The van der Waals surface area contributed by atoms with Crippen LogP contribution < -0.4 is 0 Å². The lowest BCUT2D eigenvalue weighted by atomic mass is 9.82. The number of pyridine rings is 1. The van der Waals surface area contributed by atoms with Gasteiger partial charge in [-0.2, -0.15) is 0 Å². The van der Waals surface area contributed by atoms with E-state index in [1.54, 1.807) is 0 Å². The zero-order chi connectivity index (χ0) is 15.1. The zero-order valence-electron chi connectivity index (χ0n) is 13.2. The molecule has 0 saturated heterocycles. The molecule has 2 aromatic heterocycles. The lowest BCUT2D eigenvalue weighted by Crippen LogP contribution is -2.23. The van der Waals surface area contributed by atoms with Gasteiger partial charge in [-0.3, -0.25) is 0 Å². The third kappa shape index (κ3) is 2.98. The highest BCUT2D eigenvalue weighted by atomic mass is 35.5. The molecular formula is C16H24ClN3. The Hall–Kier alpha value is -1.09. The number of aromatic nitrogens is 3. The van der Waals surface area contributed by atoms with E-state index in [-0.39, 0.29) is 10.8 Å². The Bertz CT molecular complexity index is 608. The summed E-state index contributed by atoms with van der Waals surface area (Å²) >= 11 is 6.31. The van der Waals surface area contributed by atoms with Crippen molar-refractivity contribution in [1.29, 1.82) is 0 Å². The van der Waals surface area contributed by atoms with Crippen molar-refractivity contribution in [2.24, 2.45) is 11.3 Å². The molecule has 0 bridgehead atoms. The molecular weight excluding hydrogens is 270 g/mol. The molecule has 2 aromatic rings. The number of hydrogen-bond acceptors (Lipinski definition) is 2. The lowest BCUT2D eigenvalue weighted by Gasteiger charge is -2.28. The van der Waals surface area contributed by atoms with Crippen LogP contribution >= 0.6 is 11.6 Å². The van der Waals surface area contributed by atoms with Gasteiger partial charge in [-0.15, -0.1) is 11.6 Å². The highest BCUT2D eigenvalue weighted by molar-refractivity contribution is 6.20. The third-order valence-corrected chi connectivity index (χ3v) is 4.24. The molecule has 0 radical (unpaired) electrons. The summed E-state index contributed by atoms with van der Waals surface area (Å²) in [5.74, 6) is 1.42. The maximum atomic E-state index is 6.31. The summed E-state index contributed by atoms with van der Waals surface area (Å²) in [6, 6.07) is 2.07. The lowest BCUT2D eigenvalue weighted by molar-refractivity contribution is 0.232. The van der Waals surface area contributed by atoms with Gasteiger partial charge in [-0.05, 0) is 36.8 Å². The molecule has 0 aliphatic carbocycles. The first-order chi connectivity index (χ1) is 9.20. The first-order valence-electron chi connectivity index (χ1n) is 7.17. The SMILES string of the molecule is Cc1cnc2c(c1)nc(C(C)Cl)n2CC(C)C(C)(C)C. The highest BCUT2D eigenvalue weighted by Gasteiger charge is 2.24. The molecule has 0 spiro atoms. The van der Waals surface area contributed by atoms with Gasteiger partial charge in [0, 0.05) is 12.7 Å². The number of hydrogen-bond donors (Lipinski definition) is 0. The van der Waals surface area contributed by atoms with Crippen molar-refractivity contribution in [2.75, 3.05) is 0 Å². The molecule has 0 aliphatic heterocycles. The van der Waals surface area contributed by atoms with Crippen molar-refractivity contribution in [3.8, 4) is 0 Å². The van der Waals surface area contributed by atoms with E-state index in [0.717, 1.165) is 29.1 Å². The Morgan fingerprint density at radius 2 is 1.95 bits per heavy atom. The van der Waals surface area contributed by atoms with Crippen LogP contribution in [0.4, 0.5) is 0 Å². The number of nitrogens with zero attached hydrogens (tertiary/aromatic N) is 3. The Kier molecular flexibility index (Phi) is 4.10. The van der Waals surface area contributed by atoms with Crippen LogP contribution in [-0.4, -0.2) is 14.5 Å². The van der Waals surface area contributed by atoms with Gasteiger partial charge in [0.2, 0.25) is 0 Å². The second-order valence-electron chi connectivity index (χ2n) is 6.82. The second kappa shape index (κ2) is 5.36. The molecule has 0 amide bonds. The van der Waals surface area contributed by atoms with Crippen LogP contribution in [0.2, 0.25) is 0 Å². The monoisotopic (exact) mass is 293 g/mol. The van der Waals surface area contributed by atoms with E-state index in [2.05, 4.69) is 48.3 Å². The van der Waals surface area contributed by atoms with Gasteiger partial charge in [0.25, 0.3) is 0 Å². The Morgan fingerprint density at radius 1 is 1.30 bits per heavy atom. The molecule has 2 rings (SSSR count). The summed E-state index contributed by atoms with van der Waals surface area (Å²) in [6.45, 7) is 13.9. The minimum Gasteiger partial charge on any atom is -0.311 e. The molecule has 4 heteroatoms. The predicted octanol–water partition coefficient (Wildman–Crippen LogP) is 4.72. The molecule has 0 N–H and O–H groups in total. The fourth-order valence-electron chi connectivity index (χ4n) is 2.16.